The van der Waals surface area contributed by atoms with Gasteiger partial charge in [0.05, 0.1) is 12.7 Å². The van der Waals surface area contributed by atoms with E-state index in [0.29, 0.717) is 11.3 Å². The van der Waals surface area contributed by atoms with Crippen molar-refractivity contribution in [2.24, 2.45) is 0 Å². The first-order valence-corrected chi connectivity index (χ1v) is 7.95. The summed E-state index contributed by atoms with van der Waals surface area (Å²) in [7, 11) is 1.30. The third-order valence-electron chi connectivity index (χ3n) is 3.61. The molecule has 0 saturated carbocycles. The van der Waals surface area contributed by atoms with E-state index in [1.807, 2.05) is 31.2 Å². The lowest BCUT2D eigenvalue weighted by atomic mass is 10.1. The Morgan fingerprint density at radius 1 is 1.00 bits per heavy atom. The minimum atomic E-state index is -0.464. The lowest BCUT2D eigenvalue weighted by Gasteiger charge is -2.11. The number of methoxy groups -OCH3 is 1. The minimum Gasteiger partial charge on any atom is -0.465 e. The van der Waals surface area contributed by atoms with Crippen LogP contribution in [0.2, 0.25) is 0 Å². The van der Waals surface area contributed by atoms with Gasteiger partial charge in [-0.2, -0.15) is 0 Å². The van der Waals surface area contributed by atoms with Crippen LogP contribution in [-0.2, 0) is 14.3 Å². The van der Waals surface area contributed by atoms with Crippen molar-refractivity contribution in [3.63, 3.8) is 0 Å². The van der Waals surface area contributed by atoms with Gasteiger partial charge in [0.2, 0.25) is 5.91 Å². The van der Waals surface area contributed by atoms with Gasteiger partial charge in [0, 0.05) is 12.6 Å². The minimum absolute atomic E-state index is 0.129. The average Bonchev–Trinajstić information content (AvgIpc) is 2.62. The van der Waals surface area contributed by atoms with Crippen molar-refractivity contribution in [3.8, 4) is 0 Å². The standard InChI is InChI=1S/C20H20N2O4/c1-13-6-4-5-7-16(13)12-18(21-14(2)23)19(24)22-17-10-8-15(9-11-17)20(25)26-3/h4-12H,1-3H3,(H,21,23)(H,22,24). The smallest absolute Gasteiger partial charge is 0.337 e. The Balaban J connectivity index is 2.23. The van der Waals surface area contributed by atoms with Crippen LogP contribution in [0.25, 0.3) is 6.08 Å². The summed E-state index contributed by atoms with van der Waals surface area (Å²) in [5, 5.41) is 5.25. The third-order valence-corrected chi connectivity index (χ3v) is 3.61. The first kappa shape index (κ1) is 18.9. The number of hydrogen-bond donors (Lipinski definition) is 2. The fraction of sp³-hybridized carbons (Fsp3) is 0.150. The van der Waals surface area contributed by atoms with Gasteiger partial charge in [-0.1, -0.05) is 24.3 Å². The molecular formula is C20H20N2O4. The molecule has 6 heteroatoms. The maximum Gasteiger partial charge on any atom is 0.337 e. The SMILES string of the molecule is COC(=O)c1ccc(NC(=O)C(=Cc2ccccc2C)NC(C)=O)cc1. The Labute approximate surface area is 151 Å². The van der Waals surface area contributed by atoms with Crippen molar-refractivity contribution in [2.45, 2.75) is 13.8 Å². The monoisotopic (exact) mass is 352 g/mol. The number of ether oxygens (including phenoxy) is 1. The molecule has 0 aliphatic rings. The molecule has 2 amide bonds. The highest BCUT2D eigenvalue weighted by atomic mass is 16.5. The number of hydrogen-bond acceptors (Lipinski definition) is 4. The molecule has 26 heavy (non-hydrogen) atoms. The van der Waals surface area contributed by atoms with Crippen molar-refractivity contribution >= 4 is 29.5 Å². The molecule has 0 aliphatic heterocycles. The molecule has 2 aromatic carbocycles. The molecule has 0 heterocycles. The van der Waals surface area contributed by atoms with Gasteiger partial charge in [-0.15, -0.1) is 0 Å². The molecule has 0 atom stereocenters. The predicted molar refractivity (Wildman–Crippen MR) is 99.4 cm³/mol. The van der Waals surface area contributed by atoms with Crippen LogP contribution in [0.15, 0.2) is 54.2 Å². The van der Waals surface area contributed by atoms with Gasteiger partial charge >= 0.3 is 5.97 Å². The van der Waals surface area contributed by atoms with Gasteiger partial charge in [0.25, 0.3) is 5.91 Å². The molecule has 0 bridgehead atoms. The lowest BCUT2D eigenvalue weighted by Crippen LogP contribution is -2.29. The molecule has 0 spiro atoms. The van der Waals surface area contributed by atoms with Crippen LogP contribution < -0.4 is 10.6 Å². The normalized spacial score (nSPS) is 10.8. The van der Waals surface area contributed by atoms with Gasteiger partial charge in [-0.25, -0.2) is 4.79 Å². The van der Waals surface area contributed by atoms with E-state index in [4.69, 9.17) is 0 Å². The van der Waals surface area contributed by atoms with Crippen LogP contribution in [-0.4, -0.2) is 24.9 Å². The van der Waals surface area contributed by atoms with E-state index >= 15 is 0 Å². The topological polar surface area (TPSA) is 84.5 Å². The fourth-order valence-corrected chi connectivity index (χ4v) is 2.26. The van der Waals surface area contributed by atoms with Crippen LogP contribution in [0.1, 0.15) is 28.4 Å². The van der Waals surface area contributed by atoms with Crippen LogP contribution in [0.4, 0.5) is 5.69 Å². The second-order valence-corrected chi connectivity index (χ2v) is 5.62. The maximum atomic E-state index is 12.6. The molecule has 2 aromatic rings. The first-order valence-electron chi connectivity index (χ1n) is 7.95. The highest BCUT2D eigenvalue weighted by molar-refractivity contribution is 6.08. The number of anilines is 1. The highest BCUT2D eigenvalue weighted by Gasteiger charge is 2.13. The van der Waals surface area contributed by atoms with Gasteiger partial charge in [-0.05, 0) is 48.4 Å². The number of carbonyl (C=O) groups excluding carboxylic acids is 3. The van der Waals surface area contributed by atoms with E-state index in [1.165, 1.54) is 14.0 Å². The zero-order valence-corrected chi connectivity index (χ0v) is 14.8. The molecule has 2 rings (SSSR count). The molecule has 6 nitrogen and oxygen atoms in total. The fourth-order valence-electron chi connectivity index (χ4n) is 2.26. The van der Waals surface area contributed by atoms with E-state index in [-0.39, 0.29) is 11.6 Å². The summed E-state index contributed by atoms with van der Waals surface area (Å²) in [5.41, 5.74) is 2.80. The Hall–Kier alpha value is -3.41. The van der Waals surface area contributed by atoms with Crippen LogP contribution in [0.5, 0.6) is 0 Å². The zero-order valence-electron chi connectivity index (χ0n) is 14.8. The Bertz CT molecular complexity index is 854. The molecule has 0 aromatic heterocycles. The van der Waals surface area contributed by atoms with Gasteiger partial charge in [0.1, 0.15) is 5.70 Å². The summed E-state index contributed by atoms with van der Waals surface area (Å²) in [6.45, 7) is 3.25. The van der Waals surface area contributed by atoms with Crippen molar-refractivity contribution in [3.05, 3.63) is 70.9 Å². The van der Waals surface area contributed by atoms with Crippen LogP contribution in [0, 0.1) is 6.92 Å². The summed E-state index contributed by atoms with van der Waals surface area (Å²) >= 11 is 0. The van der Waals surface area contributed by atoms with E-state index < -0.39 is 11.9 Å². The van der Waals surface area contributed by atoms with E-state index in [2.05, 4.69) is 15.4 Å². The van der Waals surface area contributed by atoms with Crippen LogP contribution in [0.3, 0.4) is 0 Å². The Kier molecular flexibility index (Phi) is 6.27. The molecule has 0 unspecified atom stereocenters. The summed E-state index contributed by atoms with van der Waals surface area (Å²) in [6.07, 6.45) is 1.62. The summed E-state index contributed by atoms with van der Waals surface area (Å²) < 4.78 is 4.63. The maximum absolute atomic E-state index is 12.6. The number of aryl methyl sites for hydroxylation is 1. The Morgan fingerprint density at radius 2 is 1.65 bits per heavy atom. The average molecular weight is 352 g/mol. The summed E-state index contributed by atoms with van der Waals surface area (Å²) in [5.74, 6) is -1.27. The van der Waals surface area contributed by atoms with Gasteiger partial charge < -0.3 is 15.4 Å². The second-order valence-electron chi connectivity index (χ2n) is 5.62. The number of rotatable bonds is 5. The van der Waals surface area contributed by atoms with Crippen molar-refractivity contribution in [2.75, 3.05) is 12.4 Å². The Morgan fingerprint density at radius 3 is 2.23 bits per heavy atom. The van der Waals surface area contributed by atoms with Crippen molar-refractivity contribution < 1.29 is 19.1 Å². The molecular weight excluding hydrogens is 332 g/mol. The molecule has 0 fully saturated rings. The summed E-state index contributed by atoms with van der Waals surface area (Å²) in [6, 6.07) is 13.8. The molecule has 2 N–H and O–H groups in total. The van der Waals surface area contributed by atoms with Crippen molar-refractivity contribution in [1.82, 2.24) is 5.32 Å². The lowest BCUT2D eigenvalue weighted by molar-refractivity contribution is -0.120. The highest BCUT2D eigenvalue weighted by Crippen LogP contribution is 2.14. The zero-order chi connectivity index (χ0) is 19.1. The van der Waals surface area contributed by atoms with E-state index in [1.54, 1.807) is 30.3 Å². The summed E-state index contributed by atoms with van der Waals surface area (Å²) in [4.78, 5) is 35.5. The molecule has 0 aliphatic carbocycles. The van der Waals surface area contributed by atoms with E-state index in [0.717, 1.165) is 11.1 Å². The van der Waals surface area contributed by atoms with Gasteiger partial charge in [-0.3, -0.25) is 9.59 Å². The van der Waals surface area contributed by atoms with Crippen molar-refractivity contribution in [1.29, 1.82) is 0 Å². The molecule has 0 radical (unpaired) electrons. The first-order chi connectivity index (χ1) is 12.4. The largest absolute Gasteiger partial charge is 0.465 e. The number of carbonyl (C=O) groups is 3. The predicted octanol–water partition coefficient (Wildman–Crippen LogP) is 2.90. The molecule has 0 saturated heterocycles. The van der Waals surface area contributed by atoms with Gasteiger partial charge in [0.15, 0.2) is 0 Å². The quantitative estimate of drug-likeness (QED) is 0.640. The second kappa shape index (κ2) is 8.62. The third kappa shape index (κ3) is 5.04. The molecule has 134 valence electrons. The number of esters is 1. The number of nitrogens with one attached hydrogen (secondary N) is 2. The van der Waals surface area contributed by atoms with Crippen LogP contribution >= 0.6 is 0 Å². The number of benzene rings is 2. The van der Waals surface area contributed by atoms with E-state index in [9.17, 15) is 14.4 Å². The number of amides is 2.